The van der Waals surface area contributed by atoms with E-state index in [2.05, 4.69) is 0 Å². The highest BCUT2D eigenvalue weighted by Crippen LogP contribution is 2.68. The molecule has 0 amide bonds. The predicted molar refractivity (Wildman–Crippen MR) is 94.4 cm³/mol. The quantitative estimate of drug-likeness (QED) is 0.595. The van der Waals surface area contributed by atoms with E-state index in [1.54, 1.807) is 0 Å². The van der Waals surface area contributed by atoms with Gasteiger partial charge in [-0.1, -0.05) is 38.5 Å². The van der Waals surface area contributed by atoms with Crippen LogP contribution >= 0.6 is 7.14 Å². The minimum atomic E-state index is -2.04. The van der Waals surface area contributed by atoms with Gasteiger partial charge >= 0.3 is 0 Å². The molecule has 128 valence electrons. The van der Waals surface area contributed by atoms with Gasteiger partial charge in [0, 0.05) is 24.1 Å². The van der Waals surface area contributed by atoms with Gasteiger partial charge < -0.3 is 9.30 Å². The van der Waals surface area contributed by atoms with Crippen LogP contribution in [0.25, 0.3) is 0 Å². The van der Waals surface area contributed by atoms with Crippen molar-refractivity contribution in [3.63, 3.8) is 0 Å². The maximum Gasteiger partial charge on any atom is 0.0965 e. The van der Waals surface area contributed by atoms with E-state index in [1.165, 1.54) is 77.0 Å². The average molecular weight is 326 g/mol. The number of hydrogen-bond donors (Lipinski definition) is 0. The molecule has 22 heavy (non-hydrogen) atoms. The second kappa shape index (κ2) is 7.84. The number of methoxy groups -OCH3 is 1. The van der Waals surface area contributed by atoms with Crippen LogP contribution < -0.4 is 0 Å². The minimum absolute atomic E-state index is 0.433. The van der Waals surface area contributed by atoms with Crippen molar-refractivity contribution in [2.75, 3.05) is 7.11 Å². The molecule has 0 unspecified atom stereocenters. The van der Waals surface area contributed by atoms with Crippen molar-refractivity contribution in [1.29, 1.82) is 0 Å². The molecular formula is C19H35O2P. The molecule has 3 aliphatic carbocycles. The lowest BCUT2D eigenvalue weighted by atomic mass is 9.97. The summed E-state index contributed by atoms with van der Waals surface area (Å²) in [6, 6.07) is 0. The number of ether oxygens (including phenoxy) is 1. The zero-order valence-corrected chi connectivity index (χ0v) is 15.4. The summed E-state index contributed by atoms with van der Waals surface area (Å²) < 4.78 is 20.0. The van der Waals surface area contributed by atoms with E-state index in [0.717, 1.165) is 12.8 Å². The van der Waals surface area contributed by atoms with Gasteiger partial charge in [0.1, 0.15) is 0 Å². The summed E-state index contributed by atoms with van der Waals surface area (Å²) in [4.78, 5) is 0. The maximum atomic E-state index is 14.4. The normalized spacial score (nSPS) is 33.0. The molecule has 3 saturated carbocycles. The highest BCUT2D eigenvalue weighted by atomic mass is 31.2. The molecular weight excluding hydrogens is 291 g/mol. The fraction of sp³-hybridized carbons (Fsp3) is 1.00. The van der Waals surface area contributed by atoms with Crippen molar-refractivity contribution in [3.05, 3.63) is 0 Å². The van der Waals surface area contributed by atoms with Gasteiger partial charge in [0.15, 0.2) is 0 Å². The lowest BCUT2D eigenvalue weighted by Gasteiger charge is -2.44. The standard InChI is InChI=1S/C19H35O2P/c1-21-16-12-14-19(15-13-16)22(20,17-8-4-2-5-9-17)18-10-6-3-7-11-18/h16-19H,2-15H2,1H3. The van der Waals surface area contributed by atoms with Gasteiger partial charge in [0.25, 0.3) is 0 Å². The summed E-state index contributed by atoms with van der Waals surface area (Å²) in [7, 11) is -0.198. The monoisotopic (exact) mass is 326 g/mol. The summed E-state index contributed by atoms with van der Waals surface area (Å²) in [5.74, 6) is 0. The average Bonchev–Trinajstić information content (AvgIpc) is 2.62. The van der Waals surface area contributed by atoms with Gasteiger partial charge in [-0.15, -0.1) is 0 Å². The number of rotatable bonds is 4. The third-order valence-corrected chi connectivity index (χ3v) is 11.8. The summed E-state index contributed by atoms with van der Waals surface area (Å²) in [5.41, 5.74) is 1.69. The molecule has 3 rings (SSSR count). The Morgan fingerprint density at radius 1 is 0.636 bits per heavy atom. The molecule has 0 N–H and O–H groups in total. The molecule has 3 aliphatic rings. The molecule has 0 radical (unpaired) electrons. The molecule has 0 aromatic heterocycles. The highest BCUT2D eigenvalue weighted by Gasteiger charge is 2.47. The minimum Gasteiger partial charge on any atom is -0.381 e. The Bertz CT molecular complexity index is 353. The van der Waals surface area contributed by atoms with Crippen LogP contribution in [0.2, 0.25) is 0 Å². The third-order valence-electron chi connectivity index (χ3n) is 6.84. The molecule has 0 saturated heterocycles. The summed E-state index contributed by atoms with van der Waals surface area (Å²) in [6.07, 6.45) is 18.2. The van der Waals surface area contributed by atoms with Crippen LogP contribution in [0.3, 0.4) is 0 Å². The molecule has 0 heterocycles. The molecule has 2 nitrogen and oxygen atoms in total. The zero-order valence-electron chi connectivity index (χ0n) is 14.5. The second-order valence-electron chi connectivity index (χ2n) is 8.01. The first-order valence-electron chi connectivity index (χ1n) is 9.87. The third kappa shape index (κ3) is 3.48. The van der Waals surface area contributed by atoms with Crippen LogP contribution in [0.1, 0.15) is 89.9 Å². The Hall–Kier alpha value is 0.190. The van der Waals surface area contributed by atoms with Crippen molar-refractivity contribution < 1.29 is 9.30 Å². The Balaban J connectivity index is 1.77. The highest BCUT2D eigenvalue weighted by molar-refractivity contribution is 7.66. The van der Waals surface area contributed by atoms with Crippen molar-refractivity contribution >= 4 is 7.14 Å². The first kappa shape index (κ1) is 17.0. The lowest BCUT2D eigenvalue weighted by Crippen LogP contribution is -2.33. The Morgan fingerprint density at radius 2 is 1.05 bits per heavy atom. The fourth-order valence-electron chi connectivity index (χ4n) is 5.55. The van der Waals surface area contributed by atoms with Crippen molar-refractivity contribution in [1.82, 2.24) is 0 Å². The fourth-order valence-corrected chi connectivity index (χ4v) is 10.8. The van der Waals surface area contributed by atoms with E-state index in [0.29, 0.717) is 23.1 Å². The van der Waals surface area contributed by atoms with Crippen LogP contribution in [-0.4, -0.2) is 30.2 Å². The molecule has 0 bridgehead atoms. The van der Waals surface area contributed by atoms with Gasteiger partial charge in [-0.3, -0.25) is 0 Å². The maximum absolute atomic E-state index is 14.4. The topological polar surface area (TPSA) is 26.3 Å². The molecule has 3 heteroatoms. The van der Waals surface area contributed by atoms with E-state index in [9.17, 15) is 4.57 Å². The van der Waals surface area contributed by atoms with Gasteiger partial charge in [-0.05, 0) is 51.4 Å². The first-order chi connectivity index (χ1) is 10.7. The van der Waals surface area contributed by atoms with Crippen molar-refractivity contribution in [2.45, 2.75) is 113 Å². The van der Waals surface area contributed by atoms with Crippen LogP contribution in [-0.2, 0) is 9.30 Å². The predicted octanol–water partition coefficient (Wildman–Crippen LogP) is 5.97. The van der Waals surface area contributed by atoms with Gasteiger partial charge in [0.2, 0.25) is 0 Å². The summed E-state index contributed by atoms with van der Waals surface area (Å²) in [5, 5.41) is 0. The Labute approximate surface area is 137 Å². The SMILES string of the molecule is COC1CCC(P(=O)(C2CCCCC2)C2CCCCC2)CC1. The van der Waals surface area contributed by atoms with Crippen LogP contribution in [0, 0.1) is 0 Å². The molecule has 0 aromatic carbocycles. The summed E-state index contributed by atoms with van der Waals surface area (Å²) in [6.45, 7) is 0. The summed E-state index contributed by atoms with van der Waals surface area (Å²) >= 11 is 0. The van der Waals surface area contributed by atoms with E-state index in [4.69, 9.17) is 4.74 Å². The van der Waals surface area contributed by atoms with E-state index in [-0.39, 0.29) is 0 Å². The van der Waals surface area contributed by atoms with Gasteiger partial charge in [-0.2, -0.15) is 0 Å². The van der Waals surface area contributed by atoms with Crippen molar-refractivity contribution in [2.24, 2.45) is 0 Å². The molecule has 0 atom stereocenters. The van der Waals surface area contributed by atoms with Gasteiger partial charge in [-0.25, -0.2) is 0 Å². The van der Waals surface area contributed by atoms with E-state index >= 15 is 0 Å². The second-order valence-corrected chi connectivity index (χ2v) is 11.7. The first-order valence-corrected chi connectivity index (χ1v) is 11.8. The molecule has 0 aromatic rings. The molecule has 0 spiro atoms. The van der Waals surface area contributed by atoms with E-state index in [1.807, 2.05) is 7.11 Å². The van der Waals surface area contributed by atoms with Crippen LogP contribution in [0.4, 0.5) is 0 Å². The van der Waals surface area contributed by atoms with Crippen molar-refractivity contribution in [3.8, 4) is 0 Å². The molecule has 0 aliphatic heterocycles. The van der Waals surface area contributed by atoms with E-state index < -0.39 is 7.14 Å². The van der Waals surface area contributed by atoms with Crippen LogP contribution in [0.15, 0.2) is 0 Å². The largest absolute Gasteiger partial charge is 0.381 e. The number of hydrogen-bond acceptors (Lipinski definition) is 2. The van der Waals surface area contributed by atoms with Crippen LogP contribution in [0.5, 0.6) is 0 Å². The zero-order chi connectivity index (χ0) is 15.4. The Morgan fingerprint density at radius 3 is 1.45 bits per heavy atom. The lowest BCUT2D eigenvalue weighted by molar-refractivity contribution is 0.0713. The molecule has 3 fully saturated rings. The Kier molecular flexibility index (Phi) is 6.07. The van der Waals surface area contributed by atoms with Gasteiger partial charge in [0.05, 0.1) is 13.2 Å². The smallest absolute Gasteiger partial charge is 0.0965 e.